The van der Waals surface area contributed by atoms with Crippen molar-refractivity contribution in [3.63, 3.8) is 0 Å². The number of aromatic hydroxyl groups is 1. The molecule has 2 aromatic carbocycles. The van der Waals surface area contributed by atoms with Crippen molar-refractivity contribution in [1.29, 1.82) is 0 Å². The number of carbonyl (C=O) groups is 1. The molecule has 0 bridgehead atoms. The fourth-order valence-corrected chi connectivity index (χ4v) is 1.85. The van der Waals surface area contributed by atoms with E-state index in [1.165, 1.54) is 17.0 Å². The SMILES string of the molecule is COc1cccc(N(C)C(=O)c2cccc(N)c2O)c1. The molecule has 0 aliphatic carbocycles. The quantitative estimate of drug-likeness (QED) is 0.663. The highest BCUT2D eigenvalue weighted by molar-refractivity contribution is 6.08. The Bertz CT molecular complexity index is 641. The van der Waals surface area contributed by atoms with Crippen LogP contribution in [-0.2, 0) is 0 Å². The van der Waals surface area contributed by atoms with Gasteiger partial charge in [0, 0.05) is 18.8 Å². The molecule has 0 heterocycles. The number of nitrogens with zero attached hydrogens (tertiary/aromatic N) is 1. The van der Waals surface area contributed by atoms with Crippen LogP contribution >= 0.6 is 0 Å². The van der Waals surface area contributed by atoms with Crippen LogP contribution in [0, 0.1) is 0 Å². The predicted octanol–water partition coefficient (Wildman–Crippen LogP) is 2.26. The van der Waals surface area contributed by atoms with Crippen molar-refractivity contribution in [2.45, 2.75) is 0 Å². The van der Waals surface area contributed by atoms with E-state index in [0.717, 1.165) is 0 Å². The summed E-state index contributed by atoms with van der Waals surface area (Å²) in [4.78, 5) is 13.8. The number of ether oxygens (including phenoxy) is 1. The van der Waals surface area contributed by atoms with Crippen LogP contribution in [0.15, 0.2) is 42.5 Å². The zero-order valence-electron chi connectivity index (χ0n) is 11.3. The lowest BCUT2D eigenvalue weighted by Crippen LogP contribution is -2.26. The van der Waals surface area contributed by atoms with E-state index in [9.17, 15) is 9.90 Å². The third-order valence-electron chi connectivity index (χ3n) is 3.04. The first-order valence-electron chi connectivity index (χ1n) is 6.04. The van der Waals surface area contributed by atoms with Crippen LogP contribution in [0.3, 0.4) is 0 Å². The lowest BCUT2D eigenvalue weighted by Gasteiger charge is -2.19. The topological polar surface area (TPSA) is 75.8 Å². The molecule has 0 atom stereocenters. The summed E-state index contributed by atoms with van der Waals surface area (Å²) in [6, 6.07) is 11.8. The Morgan fingerprint density at radius 1 is 1.25 bits per heavy atom. The largest absolute Gasteiger partial charge is 0.505 e. The number of hydrogen-bond acceptors (Lipinski definition) is 4. The van der Waals surface area contributed by atoms with Gasteiger partial charge < -0.3 is 20.5 Å². The van der Waals surface area contributed by atoms with Gasteiger partial charge in [-0.25, -0.2) is 0 Å². The first-order chi connectivity index (χ1) is 9.54. The monoisotopic (exact) mass is 272 g/mol. The van der Waals surface area contributed by atoms with E-state index in [0.29, 0.717) is 11.4 Å². The summed E-state index contributed by atoms with van der Waals surface area (Å²) in [7, 11) is 3.18. The second kappa shape index (κ2) is 5.52. The molecule has 3 N–H and O–H groups in total. The number of benzene rings is 2. The van der Waals surface area contributed by atoms with Crippen LogP contribution < -0.4 is 15.4 Å². The maximum atomic E-state index is 12.4. The Hall–Kier alpha value is -2.69. The summed E-state index contributed by atoms with van der Waals surface area (Å²) in [6.07, 6.45) is 0. The molecule has 0 radical (unpaired) electrons. The molecule has 0 aromatic heterocycles. The fourth-order valence-electron chi connectivity index (χ4n) is 1.85. The minimum atomic E-state index is -0.344. The lowest BCUT2D eigenvalue weighted by molar-refractivity contribution is 0.0990. The van der Waals surface area contributed by atoms with Gasteiger partial charge in [-0.3, -0.25) is 4.79 Å². The third-order valence-corrected chi connectivity index (χ3v) is 3.04. The molecule has 0 fully saturated rings. The van der Waals surface area contributed by atoms with Crippen LogP contribution in [0.2, 0.25) is 0 Å². The van der Waals surface area contributed by atoms with E-state index in [-0.39, 0.29) is 22.9 Å². The van der Waals surface area contributed by atoms with Gasteiger partial charge in [-0.05, 0) is 24.3 Å². The maximum absolute atomic E-state index is 12.4. The number of phenols is 1. The summed E-state index contributed by atoms with van der Waals surface area (Å²) in [5.41, 5.74) is 6.60. The number of nitrogen functional groups attached to an aromatic ring is 1. The van der Waals surface area contributed by atoms with Crippen molar-refractivity contribution in [3.05, 3.63) is 48.0 Å². The highest BCUT2D eigenvalue weighted by Crippen LogP contribution is 2.28. The molecule has 0 saturated heterocycles. The van der Waals surface area contributed by atoms with E-state index in [1.807, 2.05) is 0 Å². The van der Waals surface area contributed by atoms with Crippen molar-refractivity contribution in [1.82, 2.24) is 0 Å². The van der Waals surface area contributed by atoms with Gasteiger partial charge in [0.2, 0.25) is 0 Å². The Kier molecular flexibility index (Phi) is 3.79. The standard InChI is InChI=1S/C15H16N2O3/c1-17(10-5-3-6-11(9-10)20-2)15(19)12-7-4-8-13(16)14(12)18/h3-9,18H,16H2,1-2H3. The normalized spacial score (nSPS) is 10.1. The van der Waals surface area contributed by atoms with Gasteiger partial charge >= 0.3 is 0 Å². The molecule has 0 aliphatic rings. The van der Waals surface area contributed by atoms with E-state index < -0.39 is 0 Å². The molecule has 2 aromatic rings. The zero-order valence-corrected chi connectivity index (χ0v) is 11.3. The highest BCUT2D eigenvalue weighted by Gasteiger charge is 2.18. The number of rotatable bonds is 3. The number of phenolic OH excluding ortho intramolecular Hbond substituents is 1. The number of hydrogen-bond donors (Lipinski definition) is 2. The average Bonchev–Trinajstić information content (AvgIpc) is 2.48. The molecule has 20 heavy (non-hydrogen) atoms. The highest BCUT2D eigenvalue weighted by atomic mass is 16.5. The molecule has 0 saturated carbocycles. The molecular formula is C15H16N2O3. The van der Waals surface area contributed by atoms with Gasteiger partial charge in [0.15, 0.2) is 5.75 Å². The summed E-state index contributed by atoms with van der Waals surface area (Å²) in [6.45, 7) is 0. The molecule has 5 nitrogen and oxygen atoms in total. The molecule has 104 valence electrons. The van der Waals surface area contributed by atoms with Crippen LogP contribution in [0.5, 0.6) is 11.5 Å². The summed E-state index contributed by atoms with van der Waals surface area (Å²) in [5, 5.41) is 9.87. The first-order valence-corrected chi connectivity index (χ1v) is 6.04. The number of para-hydroxylation sites is 1. The van der Waals surface area contributed by atoms with Crippen LogP contribution in [0.25, 0.3) is 0 Å². The first kappa shape index (κ1) is 13.7. The summed E-state index contributed by atoms with van der Waals surface area (Å²) < 4.78 is 5.13. The average molecular weight is 272 g/mol. The summed E-state index contributed by atoms with van der Waals surface area (Å²) >= 11 is 0. The number of methoxy groups -OCH3 is 1. The van der Waals surface area contributed by atoms with Gasteiger partial charge in [-0.1, -0.05) is 12.1 Å². The Balaban J connectivity index is 2.35. The maximum Gasteiger partial charge on any atom is 0.261 e. The van der Waals surface area contributed by atoms with Crippen LogP contribution in [0.4, 0.5) is 11.4 Å². The minimum absolute atomic E-state index is 0.162. The van der Waals surface area contributed by atoms with E-state index >= 15 is 0 Å². The van der Waals surface area contributed by atoms with E-state index in [1.54, 1.807) is 44.5 Å². The lowest BCUT2D eigenvalue weighted by atomic mass is 10.1. The number of nitrogens with two attached hydrogens (primary N) is 1. The van der Waals surface area contributed by atoms with E-state index in [2.05, 4.69) is 0 Å². The molecule has 1 amide bonds. The van der Waals surface area contributed by atoms with Crippen molar-refractivity contribution in [2.75, 3.05) is 24.8 Å². The summed E-state index contributed by atoms with van der Waals surface area (Å²) in [5.74, 6) is 0.106. The fraction of sp³-hybridized carbons (Fsp3) is 0.133. The molecule has 0 unspecified atom stereocenters. The molecule has 5 heteroatoms. The zero-order chi connectivity index (χ0) is 14.7. The van der Waals surface area contributed by atoms with Gasteiger partial charge in [0.25, 0.3) is 5.91 Å². The second-order valence-corrected chi connectivity index (χ2v) is 4.31. The van der Waals surface area contributed by atoms with Gasteiger partial charge in [-0.2, -0.15) is 0 Å². The Morgan fingerprint density at radius 3 is 2.65 bits per heavy atom. The number of carbonyl (C=O) groups excluding carboxylic acids is 1. The molecule has 2 rings (SSSR count). The Labute approximate surface area is 117 Å². The van der Waals surface area contributed by atoms with Crippen LogP contribution in [0.1, 0.15) is 10.4 Å². The van der Waals surface area contributed by atoms with Crippen molar-refractivity contribution >= 4 is 17.3 Å². The molecular weight excluding hydrogens is 256 g/mol. The van der Waals surface area contributed by atoms with Crippen molar-refractivity contribution < 1.29 is 14.6 Å². The van der Waals surface area contributed by atoms with Gasteiger partial charge in [0.1, 0.15) is 5.75 Å². The van der Waals surface area contributed by atoms with Crippen LogP contribution in [-0.4, -0.2) is 25.2 Å². The van der Waals surface area contributed by atoms with Crippen molar-refractivity contribution in [2.24, 2.45) is 0 Å². The van der Waals surface area contributed by atoms with Crippen molar-refractivity contribution in [3.8, 4) is 11.5 Å². The minimum Gasteiger partial charge on any atom is -0.505 e. The van der Waals surface area contributed by atoms with Gasteiger partial charge in [-0.15, -0.1) is 0 Å². The van der Waals surface area contributed by atoms with E-state index in [4.69, 9.17) is 10.5 Å². The number of anilines is 2. The molecule has 0 spiro atoms. The molecule has 0 aliphatic heterocycles. The smallest absolute Gasteiger partial charge is 0.261 e. The Morgan fingerprint density at radius 2 is 1.95 bits per heavy atom. The number of amides is 1. The van der Waals surface area contributed by atoms with Gasteiger partial charge in [0.05, 0.1) is 18.4 Å². The third kappa shape index (κ3) is 2.51. The predicted molar refractivity (Wildman–Crippen MR) is 78.2 cm³/mol. The second-order valence-electron chi connectivity index (χ2n) is 4.31.